The zero-order valence-electron chi connectivity index (χ0n) is 15.8. The van der Waals surface area contributed by atoms with E-state index >= 15 is 0 Å². The Labute approximate surface area is 175 Å². The van der Waals surface area contributed by atoms with Crippen molar-refractivity contribution < 1.29 is 4.79 Å². The van der Waals surface area contributed by atoms with Crippen molar-refractivity contribution in [2.75, 3.05) is 5.32 Å². The number of nitrogens with zero attached hydrogens (tertiary/aromatic N) is 3. The lowest BCUT2D eigenvalue weighted by Crippen LogP contribution is -2.27. The third-order valence-corrected chi connectivity index (χ3v) is 5.61. The van der Waals surface area contributed by atoms with E-state index in [-0.39, 0.29) is 18.0 Å². The molecule has 7 heteroatoms. The molecule has 0 unspecified atom stereocenters. The Kier molecular flexibility index (Phi) is 4.57. The van der Waals surface area contributed by atoms with Crippen LogP contribution in [0.1, 0.15) is 0 Å². The lowest BCUT2D eigenvalue weighted by molar-refractivity contribution is -0.116. The minimum Gasteiger partial charge on any atom is -0.300 e. The van der Waals surface area contributed by atoms with E-state index in [0.29, 0.717) is 16.2 Å². The number of para-hydroxylation sites is 2. The Morgan fingerprint density at radius 1 is 1.00 bits per heavy atom. The smallest absolute Gasteiger partial charge is 0.269 e. The number of carbonyl (C=O) groups excluding carboxylic acids is 1. The molecule has 5 rings (SSSR count). The Bertz CT molecular complexity index is 1450. The van der Waals surface area contributed by atoms with Crippen LogP contribution in [0.15, 0.2) is 83.1 Å². The summed E-state index contributed by atoms with van der Waals surface area (Å²) in [4.78, 5) is 33.5. The molecule has 0 aliphatic rings. The van der Waals surface area contributed by atoms with E-state index in [0.717, 1.165) is 16.6 Å². The SMILES string of the molecule is O=C(Cn1c(=O)cnc2ccccc21)Nc1nc(-c2ccc3ccccc3c2)cs1. The van der Waals surface area contributed by atoms with Crippen molar-refractivity contribution >= 4 is 44.2 Å². The fraction of sp³-hybridized carbons (Fsp3) is 0.0435. The van der Waals surface area contributed by atoms with Gasteiger partial charge in [0.2, 0.25) is 5.91 Å². The van der Waals surface area contributed by atoms with Gasteiger partial charge in [0.25, 0.3) is 5.56 Å². The number of anilines is 1. The zero-order chi connectivity index (χ0) is 20.5. The normalized spacial score (nSPS) is 11.1. The van der Waals surface area contributed by atoms with E-state index in [1.807, 2.05) is 35.7 Å². The summed E-state index contributed by atoms with van der Waals surface area (Å²) in [7, 11) is 0. The molecule has 30 heavy (non-hydrogen) atoms. The quantitative estimate of drug-likeness (QED) is 0.477. The van der Waals surface area contributed by atoms with Gasteiger partial charge in [-0.2, -0.15) is 0 Å². The summed E-state index contributed by atoms with van der Waals surface area (Å²) in [5, 5.41) is 7.51. The Hall–Kier alpha value is -3.84. The molecule has 0 aliphatic heterocycles. The highest BCUT2D eigenvalue weighted by Crippen LogP contribution is 2.27. The molecule has 1 N–H and O–H groups in total. The Morgan fingerprint density at radius 3 is 2.70 bits per heavy atom. The predicted octanol–water partition coefficient (Wildman–Crippen LogP) is 4.31. The predicted molar refractivity (Wildman–Crippen MR) is 120 cm³/mol. The number of benzene rings is 3. The third kappa shape index (κ3) is 3.46. The second kappa shape index (κ2) is 7.53. The first-order valence-electron chi connectivity index (χ1n) is 9.36. The van der Waals surface area contributed by atoms with Crippen LogP contribution < -0.4 is 10.9 Å². The van der Waals surface area contributed by atoms with E-state index in [9.17, 15) is 9.59 Å². The molecule has 2 heterocycles. The number of carbonyl (C=O) groups is 1. The van der Waals surface area contributed by atoms with Gasteiger partial charge < -0.3 is 5.32 Å². The van der Waals surface area contributed by atoms with E-state index in [1.165, 1.54) is 27.5 Å². The van der Waals surface area contributed by atoms with E-state index in [1.54, 1.807) is 12.1 Å². The summed E-state index contributed by atoms with van der Waals surface area (Å²) in [6.45, 7) is -0.104. The van der Waals surface area contributed by atoms with Gasteiger partial charge in [0.1, 0.15) is 6.54 Å². The Morgan fingerprint density at radius 2 is 1.80 bits per heavy atom. The van der Waals surface area contributed by atoms with Crippen molar-refractivity contribution in [3.63, 3.8) is 0 Å². The first-order chi connectivity index (χ1) is 14.7. The second-order valence-corrected chi connectivity index (χ2v) is 7.68. The molecule has 0 atom stereocenters. The van der Waals surface area contributed by atoms with Gasteiger partial charge in [0.05, 0.1) is 22.9 Å². The fourth-order valence-electron chi connectivity index (χ4n) is 3.39. The molecule has 1 amide bonds. The van der Waals surface area contributed by atoms with Gasteiger partial charge in [-0.15, -0.1) is 11.3 Å². The van der Waals surface area contributed by atoms with Crippen molar-refractivity contribution in [2.24, 2.45) is 0 Å². The number of hydrogen-bond acceptors (Lipinski definition) is 5. The van der Waals surface area contributed by atoms with Crippen molar-refractivity contribution in [1.29, 1.82) is 0 Å². The van der Waals surface area contributed by atoms with E-state index in [2.05, 4.69) is 39.6 Å². The summed E-state index contributed by atoms with van der Waals surface area (Å²) >= 11 is 1.35. The molecule has 3 aromatic carbocycles. The van der Waals surface area contributed by atoms with E-state index in [4.69, 9.17) is 0 Å². The second-order valence-electron chi connectivity index (χ2n) is 6.82. The van der Waals surface area contributed by atoms with Gasteiger partial charge in [-0.05, 0) is 29.0 Å². The average molecular weight is 412 g/mol. The van der Waals surface area contributed by atoms with Crippen molar-refractivity contribution in [2.45, 2.75) is 6.54 Å². The maximum absolute atomic E-state index is 12.6. The summed E-state index contributed by atoms with van der Waals surface area (Å²) in [5.41, 5.74) is 2.75. The van der Waals surface area contributed by atoms with E-state index < -0.39 is 0 Å². The molecule has 5 aromatic rings. The van der Waals surface area contributed by atoms with Crippen LogP contribution in [0.3, 0.4) is 0 Å². The summed E-state index contributed by atoms with van der Waals surface area (Å²) < 4.78 is 1.41. The van der Waals surface area contributed by atoms with Gasteiger partial charge in [-0.3, -0.25) is 14.2 Å². The van der Waals surface area contributed by atoms with Crippen LogP contribution in [0.25, 0.3) is 33.1 Å². The molecule has 0 fully saturated rings. The summed E-state index contributed by atoms with van der Waals surface area (Å²) in [6, 6.07) is 21.5. The van der Waals surface area contributed by atoms with Gasteiger partial charge in [0.15, 0.2) is 5.13 Å². The van der Waals surface area contributed by atoms with Gasteiger partial charge >= 0.3 is 0 Å². The standard InChI is InChI=1S/C23H16N4O2S/c28-21(13-27-20-8-4-3-7-18(20)24-12-22(27)29)26-23-25-19(14-30-23)17-10-9-15-5-1-2-6-16(15)11-17/h1-12,14H,13H2,(H,25,26,28). The van der Waals surface area contributed by atoms with Crippen LogP contribution >= 0.6 is 11.3 Å². The molecule has 0 saturated carbocycles. The number of nitrogens with one attached hydrogen (secondary N) is 1. The fourth-order valence-corrected chi connectivity index (χ4v) is 4.13. The van der Waals surface area contributed by atoms with Gasteiger partial charge in [0, 0.05) is 10.9 Å². The molecular formula is C23H16N4O2S. The maximum atomic E-state index is 12.6. The lowest BCUT2D eigenvalue weighted by atomic mass is 10.1. The highest BCUT2D eigenvalue weighted by atomic mass is 32.1. The highest BCUT2D eigenvalue weighted by Gasteiger charge is 2.12. The molecule has 0 saturated heterocycles. The van der Waals surface area contributed by atoms with Crippen LogP contribution in [0.5, 0.6) is 0 Å². The summed E-state index contributed by atoms with van der Waals surface area (Å²) in [5.74, 6) is -0.312. The average Bonchev–Trinajstić information content (AvgIpc) is 3.24. The maximum Gasteiger partial charge on any atom is 0.269 e. The Balaban J connectivity index is 1.37. The van der Waals surface area contributed by atoms with Crippen LogP contribution in [0.2, 0.25) is 0 Å². The first kappa shape index (κ1) is 18.2. The van der Waals surface area contributed by atoms with Crippen LogP contribution in [0.4, 0.5) is 5.13 Å². The van der Waals surface area contributed by atoms with Crippen LogP contribution in [-0.4, -0.2) is 20.4 Å². The highest BCUT2D eigenvalue weighted by molar-refractivity contribution is 7.14. The minimum absolute atomic E-state index is 0.104. The molecular weight excluding hydrogens is 396 g/mol. The largest absolute Gasteiger partial charge is 0.300 e. The number of amides is 1. The third-order valence-electron chi connectivity index (χ3n) is 4.85. The van der Waals surface area contributed by atoms with Crippen molar-refractivity contribution in [3.8, 4) is 11.3 Å². The number of aromatic nitrogens is 3. The monoisotopic (exact) mass is 412 g/mol. The van der Waals surface area contributed by atoms with Crippen LogP contribution in [-0.2, 0) is 11.3 Å². The molecule has 0 spiro atoms. The van der Waals surface area contributed by atoms with Crippen molar-refractivity contribution in [3.05, 3.63) is 88.7 Å². The molecule has 146 valence electrons. The number of rotatable bonds is 4. The minimum atomic E-state index is -0.320. The molecule has 6 nitrogen and oxygen atoms in total. The number of thiazole rings is 1. The van der Waals surface area contributed by atoms with Crippen molar-refractivity contribution in [1.82, 2.24) is 14.5 Å². The first-order valence-corrected chi connectivity index (χ1v) is 10.2. The molecule has 0 bridgehead atoms. The molecule has 0 aliphatic carbocycles. The van der Waals surface area contributed by atoms with Crippen LogP contribution in [0, 0.1) is 0 Å². The number of fused-ring (bicyclic) bond motifs is 2. The summed E-state index contributed by atoms with van der Waals surface area (Å²) in [6.07, 6.45) is 1.23. The van der Waals surface area contributed by atoms with Gasteiger partial charge in [-0.1, -0.05) is 48.5 Å². The molecule has 0 radical (unpaired) electrons. The zero-order valence-corrected chi connectivity index (χ0v) is 16.6. The molecule has 2 aromatic heterocycles. The number of hydrogen-bond donors (Lipinski definition) is 1. The lowest BCUT2D eigenvalue weighted by Gasteiger charge is -2.08. The topological polar surface area (TPSA) is 76.9 Å². The van der Waals surface area contributed by atoms with Gasteiger partial charge in [-0.25, -0.2) is 9.97 Å².